The summed E-state index contributed by atoms with van der Waals surface area (Å²) in [5.41, 5.74) is 3.13. The Balaban J connectivity index is 1.93. The third-order valence-corrected chi connectivity index (χ3v) is 6.80. The highest BCUT2D eigenvalue weighted by Crippen LogP contribution is 2.38. The van der Waals surface area contributed by atoms with E-state index in [-0.39, 0.29) is 17.3 Å². The van der Waals surface area contributed by atoms with Crippen LogP contribution >= 0.6 is 43.6 Å². The van der Waals surface area contributed by atoms with Crippen LogP contribution in [0.2, 0.25) is 0 Å². The van der Waals surface area contributed by atoms with Crippen LogP contribution in [0.3, 0.4) is 0 Å². The number of thioether (sulfide) groups is 1. The number of rotatable bonds is 4. The van der Waals surface area contributed by atoms with Crippen LogP contribution in [0, 0.1) is 24.0 Å². The van der Waals surface area contributed by atoms with E-state index >= 15 is 0 Å². The van der Waals surface area contributed by atoms with Gasteiger partial charge in [0, 0.05) is 10.5 Å². The molecule has 0 spiro atoms. The molecule has 1 N–H and O–H groups in total. The number of nitro groups is 1. The van der Waals surface area contributed by atoms with E-state index in [1.807, 2.05) is 26.0 Å². The van der Waals surface area contributed by atoms with E-state index in [1.54, 1.807) is 12.1 Å². The lowest BCUT2D eigenvalue weighted by molar-refractivity contribution is -0.385. The molecule has 1 heterocycles. The fourth-order valence-electron chi connectivity index (χ4n) is 2.76. The highest BCUT2D eigenvalue weighted by atomic mass is 79.9. The minimum atomic E-state index is -0.529. The van der Waals surface area contributed by atoms with E-state index < -0.39 is 4.92 Å². The standard InChI is InChI=1S/C19H15Br2N3O4S/c1-9-4-12(5-10(2)16(9)21)22-19-23-18(25)15(29-19)8-11-6-13(20)17(28-3)14(7-11)24(26)27/h4-8H,1-3H3,(H,22,23,25)/b15-8-. The van der Waals surface area contributed by atoms with Gasteiger partial charge >= 0.3 is 5.69 Å². The highest BCUT2D eigenvalue weighted by Gasteiger charge is 2.25. The zero-order chi connectivity index (χ0) is 21.3. The number of hydrogen-bond donors (Lipinski definition) is 1. The maximum Gasteiger partial charge on any atom is 0.312 e. The molecule has 1 fully saturated rings. The number of hydrogen-bond acceptors (Lipinski definition) is 6. The van der Waals surface area contributed by atoms with Gasteiger partial charge in [0.25, 0.3) is 5.91 Å². The number of amidine groups is 1. The van der Waals surface area contributed by atoms with Gasteiger partial charge in [-0.15, -0.1) is 0 Å². The zero-order valence-electron chi connectivity index (χ0n) is 15.6. The Morgan fingerprint density at radius 1 is 1.21 bits per heavy atom. The van der Waals surface area contributed by atoms with E-state index in [9.17, 15) is 14.9 Å². The maximum absolute atomic E-state index is 12.3. The minimum absolute atomic E-state index is 0.129. The number of carbonyl (C=O) groups excluding carboxylic acids is 1. The van der Waals surface area contributed by atoms with Crippen LogP contribution in [0.1, 0.15) is 16.7 Å². The third kappa shape index (κ3) is 4.71. The van der Waals surface area contributed by atoms with Gasteiger partial charge in [-0.2, -0.15) is 0 Å². The molecule has 7 nitrogen and oxygen atoms in total. The van der Waals surface area contributed by atoms with Crippen molar-refractivity contribution in [2.24, 2.45) is 4.99 Å². The van der Waals surface area contributed by atoms with Gasteiger partial charge in [-0.05, 0) is 82.5 Å². The predicted molar refractivity (Wildman–Crippen MR) is 122 cm³/mol. The molecule has 1 aliphatic heterocycles. The molecule has 2 aromatic rings. The molecule has 150 valence electrons. The lowest BCUT2D eigenvalue weighted by Crippen LogP contribution is -2.19. The van der Waals surface area contributed by atoms with Crippen LogP contribution in [0.4, 0.5) is 11.4 Å². The van der Waals surface area contributed by atoms with Gasteiger partial charge < -0.3 is 10.1 Å². The number of halogens is 2. The first-order chi connectivity index (χ1) is 13.7. The van der Waals surface area contributed by atoms with E-state index in [0.29, 0.717) is 20.1 Å². The van der Waals surface area contributed by atoms with Gasteiger partial charge in [0.05, 0.1) is 27.1 Å². The van der Waals surface area contributed by atoms with Crippen LogP contribution in [0.5, 0.6) is 5.75 Å². The smallest absolute Gasteiger partial charge is 0.312 e. The summed E-state index contributed by atoms with van der Waals surface area (Å²) in [4.78, 5) is 28.0. The van der Waals surface area contributed by atoms with Crippen LogP contribution in [0.25, 0.3) is 6.08 Å². The quantitative estimate of drug-likeness (QED) is 0.308. The van der Waals surface area contributed by atoms with Crippen LogP contribution in [-0.2, 0) is 4.79 Å². The summed E-state index contributed by atoms with van der Waals surface area (Å²) in [5, 5.41) is 14.5. The van der Waals surface area contributed by atoms with Crippen molar-refractivity contribution in [1.82, 2.24) is 5.32 Å². The Kier molecular flexibility index (Phi) is 6.45. The molecular formula is C19H15Br2N3O4S. The average molecular weight is 541 g/mol. The Bertz CT molecular complexity index is 1080. The molecule has 3 rings (SSSR count). The molecule has 1 amide bonds. The van der Waals surface area contributed by atoms with Gasteiger partial charge in [0.1, 0.15) is 0 Å². The number of nitro benzene ring substituents is 1. The topological polar surface area (TPSA) is 93.8 Å². The van der Waals surface area contributed by atoms with Crippen molar-refractivity contribution in [3.05, 3.63) is 64.9 Å². The fourth-order valence-corrected chi connectivity index (χ4v) is 4.46. The second-order valence-corrected chi connectivity index (χ2v) is 8.87. The van der Waals surface area contributed by atoms with Crippen molar-refractivity contribution in [2.75, 3.05) is 7.11 Å². The summed E-state index contributed by atoms with van der Waals surface area (Å²) < 4.78 is 6.53. The summed E-state index contributed by atoms with van der Waals surface area (Å²) in [6.45, 7) is 3.95. The molecule has 0 aromatic heterocycles. The lowest BCUT2D eigenvalue weighted by atomic mass is 10.1. The highest BCUT2D eigenvalue weighted by molar-refractivity contribution is 9.10. The van der Waals surface area contributed by atoms with Crippen molar-refractivity contribution < 1.29 is 14.5 Å². The Labute approximate surface area is 188 Å². The van der Waals surface area contributed by atoms with E-state index in [1.165, 1.54) is 24.9 Å². The molecule has 0 aliphatic carbocycles. The molecule has 0 radical (unpaired) electrons. The van der Waals surface area contributed by atoms with Gasteiger partial charge in [-0.3, -0.25) is 14.9 Å². The van der Waals surface area contributed by atoms with Crippen molar-refractivity contribution >= 4 is 72.1 Å². The number of ether oxygens (including phenoxy) is 1. The fraction of sp³-hybridized carbons (Fsp3) is 0.158. The number of nitrogens with zero attached hydrogens (tertiary/aromatic N) is 2. The number of methoxy groups -OCH3 is 1. The van der Waals surface area contributed by atoms with E-state index in [0.717, 1.165) is 21.3 Å². The summed E-state index contributed by atoms with van der Waals surface area (Å²) in [5.74, 6) is -0.183. The van der Waals surface area contributed by atoms with Crippen molar-refractivity contribution in [3.8, 4) is 5.75 Å². The average Bonchev–Trinajstić information content (AvgIpc) is 2.98. The van der Waals surface area contributed by atoms with Crippen LogP contribution in [0.15, 0.2) is 43.1 Å². The maximum atomic E-state index is 12.3. The Morgan fingerprint density at radius 3 is 2.45 bits per heavy atom. The molecule has 1 saturated heterocycles. The number of aryl methyl sites for hydroxylation is 2. The molecular weight excluding hydrogens is 526 g/mol. The minimum Gasteiger partial charge on any atom is -0.489 e. The number of benzene rings is 2. The number of nitrogens with one attached hydrogen (secondary N) is 1. The van der Waals surface area contributed by atoms with E-state index in [2.05, 4.69) is 42.2 Å². The molecule has 29 heavy (non-hydrogen) atoms. The van der Waals surface area contributed by atoms with Crippen LogP contribution in [-0.4, -0.2) is 23.1 Å². The third-order valence-electron chi connectivity index (χ3n) is 4.05. The van der Waals surface area contributed by atoms with Gasteiger partial charge in [0.15, 0.2) is 5.17 Å². The predicted octanol–water partition coefficient (Wildman–Crippen LogP) is 5.64. The summed E-state index contributed by atoms with van der Waals surface area (Å²) in [7, 11) is 1.36. The number of carbonyl (C=O) groups is 1. The zero-order valence-corrected chi connectivity index (χ0v) is 19.6. The Hall–Kier alpha value is -2.17. The molecule has 2 aromatic carbocycles. The number of aliphatic imine (C=N–C) groups is 1. The summed E-state index contributed by atoms with van der Waals surface area (Å²) >= 11 is 7.97. The lowest BCUT2D eigenvalue weighted by Gasteiger charge is -2.05. The van der Waals surface area contributed by atoms with Gasteiger partial charge in [-0.1, -0.05) is 15.9 Å². The van der Waals surface area contributed by atoms with Crippen molar-refractivity contribution in [3.63, 3.8) is 0 Å². The number of amides is 1. The largest absolute Gasteiger partial charge is 0.489 e. The second kappa shape index (κ2) is 8.68. The molecule has 1 aliphatic rings. The molecule has 0 unspecified atom stereocenters. The molecule has 10 heteroatoms. The van der Waals surface area contributed by atoms with Crippen molar-refractivity contribution in [1.29, 1.82) is 0 Å². The first-order valence-corrected chi connectivity index (χ1v) is 10.7. The molecule has 0 saturated carbocycles. The van der Waals surface area contributed by atoms with Gasteiger partial charge in [0.2, 0.25) is 5.75 Å². The first kappa shape index (κ1) is 21.5. The van der Waals surface area contributed by atoms with Gasteiger partial charge in [-0.25, -0.2) is 4.99 Å². The monoisotopic (exact) mass is 539 g/mol. The molecule has 0 atom stereocenters. The second-order valence-electron chi connectivity index (χ2n) is 6.19. The Morgan fingerprint density at radius 2 is 1.86 bits per heavy atom. The van der Waals surface area contributed by atoms with Crippen LogP contribution < -0.4 is 10.1 Å². The SMILES string of the molecule is COc1c(Br)cc(/C=C2\SC(=Nc3cc(C)c(Br)c(C)c3)NC2=O)cc1[N+](=O)[O-]. The first-order valence-electron chi connectivity index (χ1n) is 8.28. The summed E-state index contributed by atoms with van der Waals surface area (Å²) in [6, 6.07) is 6.86. The summed E-state index contributed by atoms with van der Waals surface area (Å²) in [6.07, 6.45) is 1.58. The van der Waals surface area contributed by atoms with Crippen molar-refractivity contribution in [2.45, 2.75) is 13.8 Å². The molecule has 0 bridgehead atoms. The van der Waals surface area contributed by atoms with E-state index in [4.69, 9.17) is 4.74 Å². The normalized spacial score (nSPS) is 16.4.